The topological polar surface area (TPSA) is 64.4 Å². The van der Waals surface area contributed by atoms with Crippen molar-refractivity contribution in [2.24, 2.45) is 0 Å². The number of thiophene rings is 1. The van der Waals surface area contributed by atoms with Crippen molar-refractivity contribution in [2.45, 2.75) is 6.54 Å². The van der Waals surface area contributed by atoms with E-state index < -0.39 is 0 Å². The number of carbonyl (C=O) groups excluding carboxylic acids is 2. The van der Waals surface area contributed by atoms with Gasteiger partial charge in [0.25, 0.3) is 11.8 Å². The number of likely N-dealkylation sites (N-methyl/N-ethyl adjacent to an activating group) is 1. The van der Waals surface area contributed by atoms with Gasteiger partial charge in [-0.3, -0.25) is 9.59 Å². The van der Waals surface area contributed by atoms with Gasteiger partial charge in [0.05, 0.1) is 22.9 Å². The second kappa shape index (κ2) is 7.74. The monoisotopic (exact) mass is 399 g/mol. The van der Waals surface area contributed by atoms with Gasteiger partial charge in [0.1, 0.15) is 5.70 Å². The van der Waals surface area contributed by atoms with Gasteiger partial charge in [-0.05, 0) is 41.3 Å². The number of amides is 2. The van der Waals surface area contributed by atoms with Crippen molar-refractivity contribution in [1.82, 2.24) is 4.90 Å². The van der Waals surface area contributed by atoms with Crippen LogP contribution in [-0.4, -0.2) is 23.8 Å². The van der Waals surface area contributed by atoms with Crippen LogP contribution in [0.2, 0.25) is 0 Å². The number of anilines is 1. The van der Waals surface area contributed by atoms with Crippen LogP contribution < -0.4 is 4.90 Å². The molecule has 1 aliphatic heterocycles. The molecule has 0 spiro atoms. The van der Waals surface area contributed by atoms with Crippen LogP contribution in [0.25, 0.3) is 5.57 Å². The van der Waals surface area contributed by atoms with Crippen molar-refractivity contribution in [3.8, 4) is 6.07 Å². The van der Waals surface area contributed by atoms with E-state index in [1.807, 2.05) is 65.9 Å². The highest BCUT2D eigenvalue weighted by molar-refractivity contribution is 7.11. The average Bonchev–Trinajstić information content (AvgIpc) is 3.35. The highest BCUT2D eigenvalue weighted by atomic mass is 32.1. The number of hydrogen-bond acceptors (Lipinski definition) is 5. The van der Waals surface area contributed by atoms with E-state index in [0.717, 1.165) is 10.4 Å². The molecule has 1 aromatic heterocycles. The number of benzene rings is 2. The Hall–Kier alpha value is -3.69. The van der Waals surface area contributed by atoms with Crippen molar-refractivity contribution in [2.75, 3.05) is 11.9 Å². The van der Waals surface area contributed by atoms with Crippen molar-refractivity contribution < 1.29 is 9.59 Å². The average molecular weight is 399 g/mol. The molecule has 2 amide bonds. The molecule has 0 aliphatic carbocycles. The Labute approximate surface area is 172 Å². The number of rotatable bonds is 5. The minimum absolute atomic E-state index is 0.350. The van der Waals surface area contributed by atoms with Crippen LogP contribution in [0.5, 0.6) is 0 Å². The third-order valence-corrected chi connectivity index (χ3v) is 5.61. The number of imide groups is 1. The van der Waals surface area contributed by atoms with E-state index in [1.165, 1.54) is 16.2 Å². The van der Waals surface area contributed by atoms with Crippen LogP contribution in [0.1, 0.15) is 16.0 Å². The summed E-state index contributed by atoms with van der Waals surface area (Å²) in [6.07, 6.45) is 0. The molecule has 0 saturated heterocycles. The molecular formula is C23H17N3O2S. The van der Waals surface area contributed by atoms with Crippen molar-refractivity contribution in [1.29, 1.82) is 5.26 Å². The fourth-order valence-electron chi connectivity index (χ4n) is 3.37. The lowest BCUT2D eigenvalue weighted by atomic mass is 10.1. The fourth-order valence-corrected chi connectivity index (χ4v) is 4.13. The molecule has 6 heteroatoms. The van der Waals surface area contributed by atoms with E-state index in [9.17, 15) is 9.59 Å². The first-order chi connectivity index (χ1) is 14.1. The highest BCUT2D eigenvalue weighted by Crippen LogP contribution is 2.36. The summed E-state index contributed by atoms with van der Waals surface area (Å²) in [7, 11) is 1.82. The number of hydrogen-bond donors (Lipinski definition) is 0. The molecular weight excluding hydrogens is 382 g/mol. The van der Waals surface area contributed by atoms with Crippen molar-refractivity contribution in [3.05, 3.63) is 93.8 Å². The molecule has 0 fully saturated rings. The summed E-state index contributed by atoms with van der Waals surface area (Å²) in [4.78, 5) is 30.4. The zero-order chi connectivity index (χ0) is 20.4. The van der Waals surface area contributed by atoms with Gasteiger partial charge in [0, 0.05) is 18.5 Å². The maximum Gasteiger partial charge on any atom is 0.282 e. The minimum Gasteiger partial charge on any atom is -0.365 e. The standard InChI is InChI=1S/C23H17N3O2S/c1-25(15-17-6-3-2-4-7-17)21-20(19-8-5-13-29-19)22(27)26(23(21)28)18-11-9-16(14-24)10-12-18/h2-13H,15H2,1H3. The van der Waals surface area contributed by atoms with Gasteiger partial charge in [0.15, 0.2) is 0 Å². The van der Waals surface area contributed by atoms with E-state index >= 15 is 0 Å². The highest BCUT2D eigenvalue weighted by Gasteiger charge is 2.42. The zero-order valence-electron chi connectivity index (χ0n) is 15.7. The van der Waals surface area contributed by atoms with Crippen LogP contribution in [-0.2, 0) is 16.1 Å². The van der Waals surface area contributed by atoms with Crippen LogP contribution in [0.3, 0.4) is 0 Å². The summed E-state index contributed by atoms with van der Waals surface area (Å²) in [6.45, 7) is 0.505. The SMILES string of the molecule is CN(Cc1ccccc1)C1=C(c2cccs2)C(=O)N(c2ccc(C#N)cc2)C1=O. The third-order valence-electron chi connectivity index (χ3n) is 4.73. The summed E-state index contributed by atoms with van der Waals surface area (Å²) in [5.74, 6) is -0.710. The smallest absolute Gasteiger partial charge is 0.282 e. The normalized spacial score (nSPS) is 13.7. The maximum absolute atomic E-state index is 13.4. The Morgan fingerprint density at radius 2 is 1.69 bits per heavy atom. The van der Waals surface area contributed by atoms with Gasteiger partial charge in [-0.1, -0.05) is 36.4 Å². The molecule has 142 valence electrons. The largest absolute Gasteiger partial charge is 0.365 e. The van der Waals surface area contributed by atoms with Crippen LogP contribution >= 0.6 is 11.3 Å². The van der Waals surface area contributed by atoms with E-state index in [0.29, 0.717) is 29.1 Å². The molecule has 0 N–H and O–H groups in total. The molecule has 5 nitrogen and oxygen atoms in total. The molecule has 0 atom stereocenters. The van der Waals surface area contributed by atoms with Gasteiger partial charge in [-0.15, -0.1) is 11.3 Å². The lowest BCUT2D eigenvalue weighted by molar-refractivity contribution is -0.120. The zero-order valence-corrected chi connectivity index (χ0v) is 16.5. The maximum atomic E-state index is 13.4. The Morgan fingerprint density at radius 3 is 2.31 bits per heavy atom. The van der Waals surface area contributed by atoms with Gasteiger partial charge < -0.3 is 4.90 Å². The van der Waals surface area contributed by atoms with E-state index in [4.69, 9.17) is 5.26 Å². The summed E-state index contributed by atoms with van der Waals surface area (Å²) in [6, 6.07) is 22.0. The fraction of sp³-hybridized carbons (Fsp3) is 0.0870. The first-order valence-corrected chi connectivity index (χ1v) is 9.90. The third kappa shape index (κ3) is 3.44. The summed E-state index contributed by atoms with van der Waals surface area (Å²) in [5.41, 5.74) is 2.76. The second-order valence-electron chi connectivity index (χ2n) is 6.65. The predicted molar refractivity (Wildman–Crippen MR) is 113 cm³/mol. The van der Waals surface area contributed by atoms with Gasteiger partial charge >= 0.3 is 0 Å². The van der Waals surface area contributed by atoms with Gasteiger partial charge in [-0.25, -0.2) is 4.90 Å². The summed E-state index contributed by atoms with van der Waals surface area (Å²) in [5, 5.41) is 10.9. The first kappa shape index (κ1) is 18.7. The molecule has 0 radical (unpaired) electrons. The van der Waals surface area contributed by atoms with E-state index in [-0.39, 0.29) is 11.8 Å². The molecule has 2 aromatic carbocycles. The van der Waals surface area contributed by atoms with E-state index in [1.54, 1.807) is 24.3 Å². The Bertz CT molecular complexity index is 1130. The predicted octanol–water partition coefficient (Wildman–Crippen LogP) is 4.04. The van der Waals surface area contributed by atoms with Crippen molar-refractivity contribution in [3.63, 3.8) is 0 Å². The Kier molecular flexibility index (Phi) is 4.98. The van der Waals surface area contributed by atoms with Gasteiger partial charge in [0.2, 0.25) is 0 Å². The molecule has 0 bridgehead atoms. The van der Waals surface area contributed by atoms with E-state index in [2.05, 4.69) is 0 Å². The van der Waals surface area contributed by atoms with Crippen LogP contribution in [0, 0.1) is 11.3 Å². The molecule has 29 heavy (non-hydrogen) atoms. The van der Waals surface area contributed by atoms with Gasteiger partial charge in [-0.2, -0.15) is 5.26 Å². The number of nitrogens with zero attached hydrogens (tertiary/aromatic N) is 3. The molecule has 0 unspecified atom stereocenters. The van der Waals surface area contributed by atoms with Crippen LogP contribution in [0.15, 0.2) is 77.8 Å². The molecule has 2 heterocycles. The lowest BCUT2D eigenvalue weighted by Gasteiger charge is -2.21. The molecule has 3 aromatic rings. The first-order valence-electron chi connectivity index (χ1n) is 9.02. The molecule has 1 aliphatic rings. The summed E-state index contributed by atoms with van der Waals surface area (Å²) < 4.78 is 0. The second-order valence-corrected chi connectivity index (χ2v) is 7.59. The minimum atomic E-state index is -0.360. The quantitative estimate of drug-likeness (QED) is 0.608. The molecule has 0 saturated carbocycles. The Morgan fingerprint density at radius 1 is 0.966 bits per heavy atom. The number of nitriles is 1. The lowest BCUT2D eigenvalue weighted by Crippen LogP contribution is -2.34. The summed E-state index contributed by atoms with van der Waals surface area (Å²) >= 11 is 1.43. The number of carbonyl (C=O) groups is 2. The Balaban J connectivity index is 1.75. The van der Waals surface area contributed by atoms with Crippen molar-refractivity contribution >= 4 is 34.4 Å². The van der Waals surface area contributed by atoms with Crippen LogP contribution in [0.4, 0.5) is 5.69 Å². The molecule has 4 rings (SSSR count).